The zero-order valence-corrected chi connectivity index (χ0v) is 21.6. The lowest BCUT2D eigenvalue weighted by Gasteiger charge is -2.22. The molecule has 0 fully saturated rings. The molecular formula is C24H12O16S2. The summed E-state index contributed by atoms with van der Waals surface area (Å²) in [5.74, 6) is -9.94. The second kappa shape index (κ2) is 8.60. The number of phenols is 2. The van der Waals surface area contributed by atoms with Gasteiger partial charge in [0.2, 0.25) is 0 Å². The predicted octanol–water partition coefficient (Wildman–Crippen LogP) is 2.43. The second-order valence-electron chi connectivity index (χ2n) is 8.90. The van der Waals surface area contributed by atoms with E-state index in [0.717, 1.165) is 0 Å². The first-order chi connectivity index (χ1) is 19.3. The van der Waals surface area contributed by atoms with E-state index in [1.165, 1.54) is 0 Å². The number of carboxylic acids is 4. The first kappa shape index (κ1) is 28.2. The summed E-state index contributed by atoms with van der Waals surface area (Å²) in [6.45, 7) is 0. The molecule has 0 saturated heterocycles. The van der Waals surface area contributed by atoms with Crippen LogP contribution in [0.15, 0.2) is 34.1 Å². The van der Waals surface area contributed by atoms with Crippen LogP contribution in [0.25, 0.3) is 43.1 Å². The van der Waals surface area contributed by atoms with Crippen LogP contribution in [0, 0.1) is 0 Å². The maximum Gasteiger partial charge on any atom is 0.336 e. The number of phenolic OH excluding ortho intramolecular Hbond substituents is 2. The van der Waals surface area contributed by atoms with Crippen LogP contribution >= 0.6 is 0 Å². The molecule has 42 heavy (non-hydrogen) atoms. The molecule has 18 heteroatoms. The average molecular weight is 620 g/mol. The highest BCUT2D eigenvalue weighted by atomic mass is 32.2. The average Bonchev–Trinajstić information content (AvgIpc) is 2.84. The van der Waals surface area contributed by atoms with Crippen molar-refractivity contribution in [3.05, 3.63) is 46.5 Å². The molecule has 5 aromatic rings. The largest absolute Gasteiger partial charge is 0.507 e. The number of benzene rings is 5. The number of aromatic hydroxyl groups is 2. The monoisotopic (exact) mass is 620 g/mol. The van der Waals surface area contributed by atoms with E-state index in [1.807, 2.05) is 0 Å². The molecule has 0 spiro atoms. The number of aromatic carboxylic acids is 4. The molecule has 5 rings (SSSR count). The van der Waals surface area contributed by atoms with Crippen LogP contribution in [0.1, 0.15) is 41.4 Å². The predicted molar refractivity (Wildman–Crippen MR) is 138 cm³/mol. The van der Waals surface area contributed by atoms with Gasteiger partial charge in [0.1, 0.15) is 21.3 Å². The van der Waals surface area contributed by atoms with Gasteiger partial charge in [0.05, 0.1) is 22.3 Å². The van der Waals surface area contributed by atoms with Crippen LogP contribution in [-0.4, -0.2) is 80.5 Å². The maximum atomic E-state index is 12.6. The van der Waals surface area contributed by atoms with Crippen molar-refractivity contribution in [1.29, 1.82) is 0 Å². The first-order valence-electron chi connectivity index (χ1n) is 10.9. The highest BCUT2D eigenvalue weighted by molar-refractivity contribution is 7.86. The standard InChI is InChI=1S/C24H12O16S2/c25-9-1-5(21(27)28)13-6(22(29)30)2-10(26)16-18-12(42(38,39)40)4-8(24(33)34)14-7(23(31)32)3-11(41(35,36)37)17(20(14)18)15(9)19(13)16/h1-4,25-26H,(H,27,28)(H,29,30)(H,31,32)(H,33,34)(H,35,36,37)(H,38,39,40). The molecule has 0 saturated carbocycles. The third-order valence-electron chi connectivity index (χ3n) is 6.67. The smallest absolute Gasteiger partial charge is 0.336 e. The van der Waals surface area contributed by atoms with Gasteiger partial charge in [0.25, 0.3) is 20.2 Å². The Bertz CT molecular complexity index is 2210. The SMILES string of the molecule is O=C(O)c1cc(O)c2c3c(S(=O)(=O)O)cc(C(=O)O)c4c(C(=O)O)cc(S(=O)(=O)O)c(c5c(O)cc(C(=O)O)c1c25)c43. The molecule has 0 unspecified atom stereocenters. The summed E-state index contributed by atoms with van der Waals surface area (Å²) in [6, 6.07) is 1.54. The van der Waals surface area contributed by atoms with E-state index >= 15 is 0 Å². The number of carbonyl (C=O) groups is 4. The molecule has 16 nitrogen and oxygen atoms in total. The molecule has 5 aromatic carbocycles. The van der Waals surface area contributed by atoms with Gasteiger partial charge < -0.3 is 30.6 Å². The number of fused-ring (bicyclic) bond motifs is 2. The van der Waals surface area contributed by atoms with E-state index in [-0.39, 0.29) is 0 Å². The van der Waals surface area contributed by atoms with Crippen molar-refractivity contribution >= 4 is 87.2 Å². The zero-order valence-electron chi connectivity index (χ0n) is 20.0. The topological polar surface area (TPSA) is 298 Å². The van der Waals surface area contributed by atoms with Crippen molar-refractivity contribution in [2.75, 3.05) is 0 Å². The molecular weight excluding hydrogens is 608 g/mol. The highest BCUT2D eigenvalue weighted by Gasteiger charge is 2.35. The van der Waals surface area contributed by atoms with Crippen LogP contribution in [0.5, 0.6) is 11.5 Å². The van der Waals surface area contributed by atoms with E-state index in [1.54, 1.807) is 0 Å². The summed E-state index contributed by atoms with van der Waals surface area (Å²) < 4.78 is 70.5. The lowest BCUT2D eigenvalue weighted by molar-refractivity contribution is 0.0680. The van der Waals surface area contributed by atoms with Gasteiger partial charge in [-0.3, -0.25) is 9.11 Å². The van der Waals surface area contributed by atoms with Crippen molar-refractivity contribution in [1.82, 2.24) is 0 Å². The van der Waals surface area contributed by atoms with Gasteiger partial charge >= 0.3 is 23.9 Å². The Labute approximate surface area is 230 Å². The fourth-order valence-electron chi connectivity index (χ4n) is 5.28. The Kier molecular flexibility index (Phi) is 5.78. The molecule has 0 aromatic heterocycles. The zero-order chi connectivity index (χ0) is 31.4. The number of carboxylic acid groups (broad SMARTS) is 4. The van der Waals surface area contributed by atoms with E-state index < -0.39 is 131 Å². The van der Waals surface area contributed by atoms with E-state index in [2.05, 4.69) is 0 Å². The van der Waals surface area contributed by atoms with Crippen molar-refractivity contribution in [3.8, 4) is 11.5 Å². The Balaban J connectivity index is 2.47. The van der Waals surface area contributed by atoms with Crippen LogP contribution in [0.2, 0.25) is 0 Å². The quantitative estimate of drug-likeness (QED) is 0.0767. The summed E-state index contributed by atoms with van der Waals surface area (Å²) in [7, 11) is -11.1. The number of rotatable bonds is 6. The Morgan fingerprint density at radius 2 is 0.690 bits per heavy atom. The molecule has 8 N–H and O–H groups in total. The molecule has 0 bridgehead atoms. The Morgan fingerprint density at radius 3 is 0.952 bits per heavy atom. The minimum Gasteiger partial charge on any atom is -0.507 e. The molecule has 0 aliphatic carbocycles. The van der Waals surface area contributed by atoms with Gasteiger partial charge in [0, 0.05) is 43.1 Å². The van der Waals surface area contributed by atoms with E-state index in [4.69, 9.17) is 0 Å². The third kappa shape index (κ3) is 3.74. The molecule has 0 aliphatic rings. The van der Waals surface area contributed by atoms with Crippen molar-refractivity contribution in [2.24, 2.45) is 0 Å². The molecule has 0 heterocycles. The summed E-state index contributed by atoms with van der Waals surface area (Å²) >= 11 is 0. The summed E-state index contributed by atoms with van der Waals surface area (Å²) in [6.07, 6.45) is 0. The summed E-state index contributed by atoms with van der Waals surface area (Å²) in [5, 5.41) is 54.3. The maximum absolute atomic E-state index is 12.6. The van der Waals surface area contributed by atoms with Gasteiger partial charge in [0.15, 0.2) is 0 Å². The summed E-state index contributed by atoms with van der Waals surface area (Å²) in [4.78, 5) is 46.0. The fraction of sp³-hybridized carbons (Fsp3) is 0. The van der Waals surface area contributed by atoms with Crippen LogP contribution in [0.4, 0.5) is 0 Å². The number of hydrogen-bond acceptors (Lipinski definition) is 10. The van der Waals surface area contributed by atoms with Crippen LogP contribution in [-0.2, 0) is 20.2 Å². The normalized spacial score (nSPS) is 12.4. The summed E-state index contributed by atoms with van der Waals surface area (Å²) in [5.41, 5.74) is -4.11. The molecule has 0 radical (unpaired) electrons. The lowest BCUT2D eigenvalue weighted by atomic mass is 9.83. The minimum atomic E-state index is -5.57. The van der Waals surface area contributed by atoms with E-state index in [0.29, 0.717) is 24.3 Å². The van der Waals surface area contributed by atoms with Crippen molar-refractivity contribution in [3.63, 3.8) is 0 Å². The van der Waals surface area contributed by atoms with Gasteiger partial charge in [-0.15, -0.1) is 0 Å². The first-order valence-corrected chi connectivity index (χ1v) is 13.8. The van der Waals surface area contributed by atoms with Gasteiger partial charge in [-0.05, 0) is 24.3 Å². The molecule has 0 amide bonds. The minimum absolute atomic E-state index is 0.293. The fourth-order valence-corrected chi connectivity index (χ4v) is 6.74. The highest BCUT2D eigenvalue weighted by Crippen LogP contribution is 2.52. The third-order valence-corrected chi connectivity index (χ3v) is 8.43. The molecule has 216 valence electrons. The number of hydrogen-bond donors (Lipinski definition) is 8. The van der Waals surface area contributed by atoms with Crippen molar-refractivity contribution in [2.45, 2.75) is 9.79 Å². The molecule has 0 aliphatic heterocycles. The van der Waals surface area contributed by atoms with Gasteiger partial charge in [-0.25, -0.2) is 19.2 Å². The van der Waals surface area contributed by atoms with Crippen LogP contribution in [0.3, 0.4) is 0 Å². The lowest BCUT2D eigenvalue weighted by Crippen LogP contribution is -2.12. The second-order valence-corrected chi connectivity index (χ2v) is 11.7. The molecule has 0 atom stereocenters. The Morgan fingerprint density at radius 1 is 0.429 bits per heavy atom. The van der Waals surface area contributed by atoms with Gasteiger partial charge in [-0.2, -0.15) is 16.8 Å². The van der Waals surface area contributed by atoms with Crippen molar-refractivity contribution < 1.29 is 75.8 Å². The van der Waals surface area contributed by atoms with Crippen LogP contribution < -0.4 is 0 Å². The Hall–Kier alpha value is -5.30. The van der Waals surface area contributed by atoms with Gasteiger partial charge in [-0.1, -0.05) is 0 Å². The van der Waals surface area contributed by atoms with E-state index in [9.17, 15) is 75.8 Å².